The van der Waals surface area contributed by atoms with Crippen molar-refractivity contribution < 1.29 is 18.0 Å². The number of carbonyl (C=O) groups is 1. The lowest BCUT2D eigenvalue weighted by Crippen LogP contribution is -2.18. The number of halogens is 3. The molecule has 0 fully saturated rings. The molecule has 0 atom stereocenters. The third kappa shape index (κ3) is 3.75. The van der Waals surface area contributed by atoms with Crippen LogP contribution in [-0.4, -0.2) is 31.2 Å². The van der Waals surface area contributed by atoms with Crippen molar-refractivity contribution in [2.75, 3.05) is 11.1 Å². The number of amides is 1. The molecule has 148 valence electrons. The smallest absolute Gasteiger partial charge is 0.325 e. The second kappa shape index (κ2) is 7.36. The highest BCUT2D eigenvalue weighted by molar-refractivity contribution is 8.00. The molecular weight excluding hydrogens is 403 g/mol. The third-order valence-electron chi connectivity index (χ3n) is 4.21. The van der Waals surface area contributed by atoms with Crippen LogP contribution < -0.4 is 5.32 Å². The Bertz CT molecular complexity index is 1220. The summed E-state index contributed by atoms with van der Waals surface area (Å²) < 4.78 is 41.1. The molecule has 0 saturated heterocycles. The molecule has 2 aromatic heterocycles. The number of thioether (sulfide) groups is 1. The summed E-state index contributed by atoms with van der Waals surface area (Å²) in [5.74, 6) is -0.0286. The fraction of sp³-hybridized carbons (Fsp3) is 0.158. The summed E-state index contributed by atoms with van der Waals surface area (Å²) in [5, 5.41) is 11.0. The molecule has 0 aliphatic rings. The van der Waals surface area contributed by atoms with Crippen LogP contribution in [0.4, 0.5) is 18.9 Å². The van der Waals surface area contributed by atoms with Gasteiger partial charge in [-0.1, -0.05) is 36.0 Å². The van der Waals surface area contributed by atoms with Gasteiger partial charge in [0.1, 0.15) is 10.9 Å². The van der Waals surface area contributed by atoms with Crippen LogP contribution in [0.2, 0.25) is 0 Å². The molecule has 0 saturated carbocycles. The summed E-state index contributed by atoms with van der Waals surface area (Å²) in [5.41, 5.74) is 0.860. The maximum atomic E-state index is 13.1. The number of carbonyl (C=O) groups excluding carboxylic acids is 1. The summed E-state index contributed by atoms with van der Waals surface area (Å²) in [4.78, 5) is 16.8. The number of nitrogens with zero attached hydrogens (tertiary/aromatic N) is 4. The second-order valence-electron chi connectivity index (χ2n) is 6.19. The molecule has 4 rings (SSSR count). The van der Waals surface area contributed by atoms with Crippen molar-refractivity contribution in [1.29, 1.82) is 0 Å². The summed E-state index contributed by atoms with van der Waals surface area (Å²) >= 11 is 1.09. The quantitative estimate of drug-likeness (QED) is 0.500. The van der Waals surface area contributed by atoms with E-state index in [1.165, 1.54) is 18.2 Å². The molecule has 10 heteroatoms. The van der Waals surface area contributed by atoms with Crippen LogP contribution in [0.5, 0.6) is 0 Å². The van der Waals surface area contributed by atoms with Crippen molar-refractivity contribution in [2.45, 2.75) is 18.1 Å². The zero-order chi connectivity index (χ0) is 20.6. The standard InChI is InChI=1S/C19H14F3N5OS/c1-11-25-26-17-18(24-14-8-4-5-9-15(14)27(11)17)29-10-16(28)23-13-7-3-2-6-12(13)19(20,21)22/h2-9H,10H2,1H3,(H,23,28). The Morgan fingerprint density at radius 1 is 1.10 bits per heavy atom. The van der Waals surface area contributed by atoms with E-state index >= 15 is 0 Å². The lowest BCUT2D eigenvalue weighted by molar-refractivity contribution is -0.137. The van der Waals surface area contributed by atoms with E-state index in [2.05, 4.69) is 20.5 Å². The first-order valence-corrected chi connectivity index (χ1v) is 9.52. The predicted octanol–water partition coefficient (Wildman–Crippen LogP) is 4.34. The topological polar surface area (TPSA) is 72.2 Å². The molecule has 1 amide bonds. The average molecular weight is 417 g/mol. The van der Waals surface area contributed by atoms with Crippen molar-refractivity contribution in [3.63, 3.8) is 0 Å². The van der Waals surface area contributed by atoms with E-state index in [0.29, 0.717) is 22.0 Å². The Labute approximate surface area is 167 Å². The van der Waals surface area contributed by atoms with E-state index in [-0.39, 0.29) is 11.4 Å². The van der Waals surface area contributed by atoms with Gasteiger partial charge in [0.05, 0.1) is 28.0 Å². The number of alkyl halides is 3. The van der Waals surface area contributed by atoms with Crippen LogP contribution in [0.25, 0.3) is 16.7 Å². The molecule has 6 nitrogen and oxygen atoms in total. The highest BCUT2D eigenvalue weighted by Crippen LogP contribution is 2.34. The van der Waals surface area contributed by atoms with Crippen molar-refractivity contribution >= 4 is 40.0 Å². The zero-order valence-electron chi connectivity index (χ0n) is 15.1. The molecule has 0 spiro atoms. The molecule has 4 aromatic rings. The molecule has 1 N–H and O–H groups in total. The number of rotatable bonds is 4. The number of fused-ring (bicyclic) bond motifs is 3. The molecule has 0 aliphatic carbocycles. The van der Waals surface area contributed by atoms with Crippen LogP contribution in [0.15, 0.2) is 53.6 Å². The first kappa shape index (κ1) is 19.2. The van der Waals surface area contributed by atoms with Crippen LogP contribution in [0, 0.1) is 6.92 Å². The normalized spacial score (nSPS) is 11.9. The van der Waals surface area contributed by atoms with Gasteiger partial charge in [0, 0.05) is 0 Å². The number of anilines is 1. The molecule has 0 bridgehead atoms. The minimum absolute atomic E-state index is 0.126. The van der Waals surface area contributed by atoms with Gasteiger partial charge in [0.25, 0.3) is 0 Å². The monoisotopic (exact) mass is 417 g/mol. The molecule has 0 unspecified atom stereocenters. The molecule has 29 heavy (non-hydrogen) atoms. The molecule has 0 radical (unpaired) electrons. The van der Waals surface area contributed by atoms with E-state index in [1.807, 2.05) is 35.6 Å². The first-order chi connectivity index (χ1) is 13.8. The van der Waals surface area contributed by atoms with Crippen molar-refractivity contribution in [1.82, 2.24) is 19.6 Å². The van der Waals surface area contributed by atoms with Crippen LogP contribution in [0.1, 0.15) is 11.4 Å². The number of benzene rings is 2. The minimum atomic E-state index is -4.55. The van der Waals surface area contributed by atoms with E-state index in [1.54, 1.807) is 0 Å². The van der Waals surface area contributed by atoms with Crippen molar-refractivity contribution in [2.24, 2.45) is 0 Å². The highest BCUT2D eigenvalue weighted by Gasteiger charge is 2.33. The number of para-hydroxylation sites is 3. The summed E-state index contributed by atoms with van der Waals surface area (Å²) in [7, 11) is 0. The Hall–Kier alpha value is -3.14. The summed E-state index contributed by atoms with van der Waals surface area (Å²) in [6, 6.07) is 12.3. The van der Waals surface area contributed by atoms with Crippen molar-refractivity contribution in [3.8, 4) is 0 Å². The minimum Gasteiger partial charge on any atom is -0.325 e. The Kier molecular flexibility index (Phi) is 4.87. The lowest BCUT2D eigenvalue weighted by atomic mass is 10.1. The maximum Gasteiger partial charge on any atom is 0.418 e. The van der Waals surface area contributed by atoms with Gasteiger partial charge in [0.15, 0.2) is 5.65 Å². The van der Waals surface area contributed by atoms with Gasteiger partial charge in [-0.3, -0.25) is 9.20 Å². The van der Waals surface area contributed by atoms with Gasteiger partial charge in [0.2, 0.25) is 5.91 Å². The molecular formula is C19H14F3N5OS. The van der Waals surface area contributed by atoms with Crippen LogP contribution in [0.3, 0.4) is 0 Å². The molecule has 2 aromatic carbocycles. The van der Waals surface area contributed by atoms with Crippen LogP contribution >= 0.6 is 11.8 Å². The zero-order valence-corrected chi connectivity index (χ0v) is 15.9. The predicted molar refractivity (Wildman–Crippen MR) is 104 cm³/mol. The van der Waals surface area contributed by atoms with Crippen molar-refractivity contribution in [3.05, 3.63) is 59.9 Å². The SMILES string of the molecule is Cc1nnc2c(SCC(=O)Nc3ccccc3C(F)(F)F)nc3ccccc3n12. The Morgan fingerprint density at radius 2 is 1.83 bits per heavy atom. The lowest BCUT2D eigenvalue weighted by Gasteiger charge is -2.13. The molecule has 2 heterocycles. The van der Waals surface area contributed by atoms with Crippen LogP contribution in [-0.2, 0) is 11.0 Å². The molecule has 0 aliphatic heterocycles. The van der Waals surface area contributed by atoms with E-state index in [9.17, 15) is 18.0 Å². The fourth-order valence-corrected chi connectivity index (χ4v) is 3.72. The van der Waals surface area contributed by atoms with Gasteiger partial charge < -0.3 is 5.32 Å². The first-order valence-electron chi connectivity index (χ1n) is 8.54. The number of nitrogens with one attached hydrogen (secondary N) is 1. The number of aryl methyl sites for hydroxylation is 1. The van der Waals surface area contributed by atoms with Gasteiger partial charge >= 0.3 is 6.18 Å². The fourth-order valence-electron chi connectivity index (χ4n) is 2.95. The van der Waals surface area contributed by atoms with Gasteiger partial charge in [-0.25, -0.2) is 4.98 Å². The average Bonchev–Trinajstić information content (AvgIpc) is 3.08. The summed E-state index contributed by atoms with van der Waals surface area (Å²) in [6.45, 7) is 1.81. The Balaban J connectivity index is 1.58. The van der Waals surface area contributed by atoms with Gasteiger partial charge in [-0.15, -0.1) is 10.2 Å². The number of hydrogen-bond donors (Lipinski definition) is 1. The van der Waals surface area contributed by atoms with E-state index < -0.39 is 17.6 Å². The van der Waals surface area contributed by atoms with Gasteiger partial charge in [-0.2, -0.15) is 13.2 Å². The number of hydrogen-bond acceptors (Lipinski definition) is 5. The second-order valence-corrected chi connectivity index (χ2v) is 7.16. The largest absolute Gasteiger partial charge is 0.418 e. The van der Waals surface area contributed by atoms with E-state index in [4.69, 9.17) is 0 Å². The van der Waals surface area contributed by atoms with E-state index in [0.717, 1.165) is 23.3 Å². The maximum absolute atomic E-state index is 13.1. The Morgan fingerprint density at radius 3 is 2.62 bits per heavy atom. The number of aromatic nitrogens is 4. The van der Waals surface area contributed by atoms with Gasteiger partial charge in [-0.05, 0) is 31.2 Å². The highest BCUT2D eigenvalue weighted by atomic mass is 32.2. The summed E-state index contributed by atoms with van der Waals surface area (Å²) in [6.07, 6.45) is -4.55. The third-order valence-corrected chi connectivity index (χ3v) is 5.16.